The number of hydrogen-bond acceptors (Lipinski definition) is 4. The minimum absolute atomic E-state index is 0.120. The average molecular weight is 334 g/mol. The van der Waals surface area contributed by atoms with Gasteiger partial charge in [0.05, 0.1) is 12.2 Å². The molecule has 2 aromatic rings. The zero-order valence-corrected chi connectivity index (χ0v) is 14.1. The first kappa shape index (κ1) is 15.5. The van der Waals surface area contributed by atoms with Crippen LogP contribution < -0.4 is 14.2 Å². The summed E-state index contributed by atoms with van der Waals surface area (Å²) in [5.74, 6) is 2.26. The number of carbonyl (C=O) groups is 1. The largest absolute Gasteiger partial charge is 0.494 e. The molecule has 2 heterocycles. The molecule has 2 aromatic carbocycles. The number of carbonyl (C=O) groups excluding carboxylic acids is 1. The molecule has 0 spiro atoms. The zero-order chi connectivity index (χ0) is 17.4. The number of ketones is 1. The van der Waals surface area contributed by atoms with Crippen molar-refractivity contribution in [3.8, 4) is 17.2 Å². The second-order valence-electron chi connectivity index (χ2n) is 5.97. The lowest BCUT2D eigenvalue weighted by Gasteiger charge is -2.22. The number of hydrogen-bond donors (Lipinski definition) is 0. The molecule has 0 amide bonds. The lowest BCUT2D eigenvalue weighted by molar-refractivity contribution is 0.101. The van der Waals surface area contributed by atoms with E-state index in [9.17, 15) is 4.79 Å². The summed E-state index contributed by atoms with van der Waals surface area (Å²) in [7, 11) is 0. The standard InChI is InChI=1S/C21H18O4/c1-3-23-16-8-9-17-19(12-16)25-20(21(17)22)11-15-10-14-6-4-5-7-18(14)24-13(15)2/h4-13H,3H2,1-2H3/b20-11-/t13-/m0/s1. The van der Waals surface area contributed by atoms with E-state index in [0.29, 0.717) is 29.4 Å². The molecule has 0 fully saturated rings. The summed E-state index contributed by atoms with van der Waals surface area (Å²) in [4.78, 5) is 12.6. The van der Waals surface area contributed by atoms with Crippen LogP contribution in [-0.2, 0) is 0 Å². The highest BCUT2D eigenvalue weighted by Crippen LogP contribution is 2.36. The summed E-state index contributed by atoms with van der Waals surface area (Å²) in [6.45, 7) is 4.44. The predicted octanol–water partition coefficient (Wildman–Crippen LogP) is 4.41. The zero-order valence-electron chi connectivity index (χ0n) is 14.1. The van der Waals surface area contributed by atoms with Crippen LogP contribution in [0.3, 0.4) is 0 Å². The van der Waals surface area contributed by atoms with E-state index in [1.807, 2.05) is 44.2 Å². The van der Waals surface area contributed by atoms with Crippen LogP contribution in [0.2, 0.25) is 0 Å². The fraction of sp³-hybridized carbons (Fsp3) is 0.190. The molecule has 0 unspecified atom stereocenters. The van der Waals surface area contributed by atoms with Crippen molar-refractivity contribution in [3.63, 3.8) is 0 Å². The van der Waals surface area contributed by atoms with Gasteiger partial charge in [-0.2, -0.15) is 0 Å². The molecule has 126 valence electrons. The summed E-state index contributed by atoms with van der Waals surface area (Å²) in [6, 6.07) is 13.1. The number of fused-ring (bicyclic) bond motifs is 2. The van der Waals surface area contributed by atoms with Crippen molar-refractivity contribution < 1.29 is 19.0 Å². The smallest absolute Gasteiger partial charge is 0.231 e. The first-order chi connectivity index (χ1) is 12.2. The average Bonchev–Trinajstić information content (AvgIpc) is 2.91. The van der Waals surface area contributed by atoms with E-state index in [4.69, 9.17) is 14.2 Å². The molecule has 0 aliphatic carbocycles. The number of benzene rings is 2. The second-order valence-corrected chi connectivity index (χ2v) is 5.97. The number of para-hydroxylation sites is 1. The molecule has 1 atom stereocenters. The summed E-state index contributed by atoms with van der Waals surface area (Å²) in [5, 5.41) is 0. The Morgan fingerprint density at radius 1 is 1.16 bits per heavy atom. The normalized spacial score (nSPS) is 19.6. The van der Waals surface area contributed by atoms with Gasteiger partial charge in [0, 0.05) is 11.6 Å². The highest BCUT2D eigenvalue weighted by atomic mass is 16.5. The number of ether oxygens (including phenoxy) is 3. The topological polar surface area (TPSA) is 44.8 Å². The Morgan fingerprint density at radius 2 is 2.00 bits per heavy atom. The van der Waals surface area contributed by atoms with Gasteiger partial charge in [-0.1, -0.05) is 18.2 Å². The van der Waals surface area contributed by atoms with Crippen molar-refractivity contribution in [3.05, 3.63) is 71.0 Å². The van der Waals surface area contributed by atoms with Gasteiger partial charge in [-0.15, -0.1) is 0 Å². The fourth-order valence-electron chi connectivity index (χ4n) is 3.00. The van der Waals surface area contributed by atoms with Gasteiger partial charge in [0.15, 0.2) is 5.76 Å². The minimum atomic E-state index is -0.151. The molecule has 0 bridgehead atoms. The Bertz CT molecular complexity index is 908. The van der Waals surface area contributed by atoms with Crippen LogP contribution >= 0.6 is 0 Å². The molecule has 0 saturated carbocycles. The van der Waals surface area contributed by atoms with E-state index in [1.165, 1.54) is 0 Å². The van der Waals surface area contributed by atoms with Gasteiger partial charge in [-0.25, -0.2) is 0 Å². The molecule has 0 radical (unpaired) electrons. The summed E-state index contributed by atoms with van der Waals surface area (Å²) in [5.41, 5.74) is 2.45. The third-order valence-electron chi connectivity index (χ3n) is 4.26. The van der Waals surface area contributed by atoms with E-state index in [2.05, 4.69) is 0 Å². The van der Waals surface area contributed by atoms with Crippen molar-refractivity contribution in [1.82, 2.24) is 0 Å². The monoisotopic (exact) mass is 334 g/mol. The van der Waals surface area contributed by atoms with Gasteiger partial charge in [-0.05, 0) is 49.8 Å². The number of rotatable bonds is 3. The number of allylic oxidation sites excluding steroid dienone is 1. The van der Waals surface area contributed by atoms with Gasteiger partial charge in [0.2, 0.25) is 5.78 Å². The molecule has 2 aliphatic rings. The van der Waals surface area contributed by atoms with Crippen LogP contribution in [0.25, 0.3) is 6.08 Å². The lowest BCUT2D eigenvalue weighted by Crippen LogP contribution is -2.18. The van der Waals surface area contributed by atoms with E-state index in [0.717, 1.165) is 16.9 Å². The van der Waals surface area contributed by atoms with Crippen molar-refractivity contribution in [2.45, 2.75) is 20.0 Å². The molecular formula is C21H18O4. The van der Waals surface area contributed by atoms with Gasteiger partial charge in [0.1, 0.15) is 23.4 Å². The third kappa shape index (κ3) is 2.80. The highest BCUT2D eigenvalue weighted by molar-refractivity contribution is 6.12. The van der Waals surface area contributed by atoms with E-state index >= 15 is 0 Å². The molecule has 4 heteroatoms. The first-order valence-electron chi connectivity index (χ1n) is 8.34. The van der Waals surface area contributed by atoms with Crippen molar-refractivity contribution in [1.29, 1.82) is 0 Å². The van der Waals surface area contributed by atoms with Crippen molar-refractivity contribution >= 4 is 11.9 Å². The minimum Gasteiger partial charge on any atom is -0.494 e. The Balaban J connectivity index is 1.66. The van der Waals surface area contributed by atoms with Crippen LogP contribution in [0.15, 0.2) is 59.9 Å². The van der Waals surface area contributed by atoms with Crippen LogP contribution in [-0.4, -0.2) is 18.5 Å². The Morgan fingerprint density at radius 3 is 2.84 bits per heavy atom. The third-order valence-corrected chi connectivity index (χ3v) is 4.26. The quantitative estimate of drug-likeness (QED) is 0.780. The molecule has 25 heavy (non-hydrogen) atoms. The molecular weight excluding hydrogens is 316 g/mol. The van der Waals surface area contributed by atoms with Crippen molar-refractivity contribution in [2.75, 3.05) is 6.61 Å². The van der Waals surface area contributed by atoms with Crippen LogP contribution in [0.5, 0.6) is 17.2 Å². The van der Waals surface area contributed by atoms with E-state index in [1.54, 1.807) is 24.3 Å². The van der Waals surface area contributed by atoms with Gasteiger partial charge >= 0.3 is 0 Å². The predicted molar refractivity (Wildman–Crippen MR) is 95.2 cm³/mol. The van der Waals surface area contributed by atoms with Crippen molar-refractivity contribution in [2.24, 2.45) is 0 Å². The Hall–Kier alpha value is -3.01. The maximum absolute atomic E-state index is 12.6. The van der Waals surface area contributed by atoms with Gasteiger partial charge in [0.25, 0.3) is 0 Å². The number of Topliss-reactive ketones (excluding diaryl/α,β-unsaturated/α-hetero) is 1. The van der Waals surface area contributed by atoms with Crippen LogP contribution in [0, 0.1) is 0 Å². The SMILES string of the molecule is CCOc1ccc2c(c1)O/C(=C\C1=Cc3ccccc3O[C@H]1C)C2=O. The first-order valence-corrected chi connectivity index (χ1v) is 8.34. The highest BCUT2D eigenvalue weighted by Gasteiger charge is 2.29. The summed E-state index contributed by atoms with van der Waals surface area (Å²) < 4.78 is 17.2. The van der Waals surface area contributed by atoms with Crippen LogP contribution in [0.4, 0.5) is 0 Å². The maximum Gasteiger partial charge on any atom is 0.231 e. The maximum atomic E-state index is 12.6. The summed E-state index contributed by atoms with van der Waals surface area (Å²) >= 11 is 0. The fourth-order valence-corrected chi connectivity index (χ4v) is 3.00. The van der Waals surface area contributed by atoms with E-state index in [-0.39, 0.29) is 11.9 Å². The molecule has 0 N–H and O–H groups in total. The Labute approximate surface area is 146 Å². The molecule has 2 aliphatic heterocycles. The Kier molecular flexibility index (Phi) is 3.80. The second kappa shape index (κ2) is 6.13. The van der Waals surface area contributed by atoms with Gasteiger partial charge < -0.3 is 14.2 Å². The molecule has 0 aromatic heterocycles. The summed E-state index contributed by atoms with van der Waals surface area (Å²) in [6.07, 6.45) is 3.65. The molecule has 4 nitrogen and oxygen atoms in total. The van der Waals surface area contributed by atoms with Gasteiger partial charge in [-0.3, -0.25) is 4.79 Å². The molecule has 0 saturated heterocycles. The lowest BCUT2D eigenvalue weighted by atomic mass is 10.0. The van der Waals surface area contributed by atoms with Crippen LogP contribution in [0.1, 0.15) is 29.8 Å². The molecule has 4 rings (SSSR count). The van der Waals surface area contributed by atoms with E-state index < -0.39 is 0 Å².